The Hall–Kier alpha value is -2.14. The van der Waals surface area contributed by atoms with Crippen molar-refractivity contribution in [3.63, 3.8) is 0 Å². The molecule has 20 heavy (non-hydrogen) atoms. The molecule has 5 heteroatoms. The largest absolute Gasteiger partial charge is 0.451 e. The monoisotopic (exact) mass is 273 g/mol. The molecular weight excluding hydrogens is 258 g/mol. The third kappa shape index (κ3) is 2.32. The number of morpholine rings is 1. The van der Waals surface area contributed by atoms with E-state index in [1.54, 1.807) is 29.2 Å². The Morgan fingerprint density at radius 2 is 2.15 bits per heavy atom. The van der Waals surface area contributed by atoms with Gasteiger partial charge in [0.1, 0.15) is 5.58 Å². The number of fused-ring (bicyclic) bond motifs is 1. The van der Waals surface area contributed by atoms with Crippen LogP contribution < -0.4 is 5.43 Å². The summed E-state index contributed by atoms with van der Waals surface area (Å²) in [7, 11) is 0. The second-order valence-electron chi connectivity index (χ2n) is 4.90. The lowest BCUT2D eigenvalue weighted by molar-refractivity contribution is -0.0134. The Morgan fingerprint density at radius 3 is 2.95 bits per heavy atom. The lowest BCUT2D eigenvalue weighted by Gasteiger charge is -2.30. The summed E-state index contributed by atoms with van der Waals surface area (Å²) in [6.07, 6.45) is -0.000113. The lowest BCUT2D eigenvalue weighted by Crippen LogP contribution is -2.44. The van der Waals surface area contributed by atoms with E-state index in [1.165, 1.54) is 6.07 Å². The third-order valence-electron chi connectivity index (χ3n) is 3.37. The van der Waals surface area contributed by atoms with Crippen molar-refractivity contribution >= 4 is 16.9 Å². The summed E-state index contributed by atoms with van der Waals surface area (Å²) in [4.78, 5) is 26.0. The molecule has 1 amide bonds. The van der Waals surface area contributed by atoms with Gasteiger partial charge in [-0.05, 0) is 19.1 Å². The molecule has 1 aromatic heterocycles. The number of hydrogen-bond acceptors (Lipinski definition) is 4. The second-order valence-corrected chi connectivity index (χ2v) is 4.90. The van der Waals surface area contributed by atoms with Gasteiger partial charge in [0.05, 0.1) is 18.1 Å². The molecule has 1 saturated heterocycles. The van der Waals surface area contributed by atoms with Crippen LogP contribution in [0.4, 0.5) is 0 Å². The Morgan fingerprint density at radius 1 is 1.35 bits per heavy atom. The molecule has 1 unspecified atom stereocenters. The van der Waals surface area contributed by atoms with Crippen LogP contribution in [0, 0.1) is 0 Å². The van der Waals surface area contributed by atoms with E-state index in [1.807, 2.05) is 6.92 Å². The number of carbonyl (C=O) groups is 1. The zero-order chi connectivity index (χ0) is 14.1. The van der Waals surface area contributed by atoms with Crippen LogP contribution in [0.2, 0.25) is 0 Å². The van der Waals surface area contributed by atoms with Gasteiger partial charge in [0.2, 0.25) is 0 Å². The maximum atomic E-state index is 12.4. The van der Waals surface area contributed by atoms with E-state index in [9.17, 15) is 9.59 Å². The molecule has 1 aromatic carbocycles. The average Bonchev–Trinajstić information content (AvgIpc) is 2.46. The standard InChI is InChI=1S/C15H15NO4/c1-10-9-16(6-7-19-10)15(18)14-8-12(17)11-4-2-3-5-13(11)20-14/h2-5,8,10H,6-7,9H2,1H3. The quantitative estimate of drug-likeness (QED) is 0.792. The van der Waals surface area contributed by atoms with E-state index < -0.39 is 0 Å². The lowest BCUT2D eigenvalue weighted by atomic mass is 10.2. The molecule has 5 nitrogen and oxygen atoms in total. The van der Waals surface area contributed by atoms with Gasteiger partial charge < -0.3 is 14.1 Å². The van der Waals surface area contributed by atoms with Crippen molar-refractivity contribution < 1.29 is 13.9 Å². The van der Waals surface area contributed by atoms with Crippen LogP contribution in [0.1, 0.15) is 17.5 Å². The topological polar surface area (TPSA) is 59.8 Å². The number of carbonyl (C=O) groups excluding carboxylic acids is 1. The summed E-state index contributed by atoms with van der Waals surface area (Å²) >= 11 is 0. The summed E-state index contributed by atoms with van der Waals surface area (Å²) in [5, 5.41) is 0.486. The fourth-order valence-electron chi connectivity index (χ4n) is 2.37. The van der Waals surface area contributed by atoms with Crippen LogP contribution >= 0.6 is 0 Å². The van der Waals surface area contributed by atoms with E-state index >= 15 is 0 Å². The highest BCUT2D eigenvalue weighted by atomic mass is 16.5. The number of amides is 1. The predicted molar refractivity (Wildman–Crippen MR) is 73.8 cm³/mol. The number of para-hydroxylation sites is 1. The van der Waals surface area contributed by atoms with Crippen molar-refractivity contribution in [2.24, 2.45) is 0 Å². The number of hydrogen-bond donors (Lipinski definition) is 0. The van der Waals surface area contributed by atoms with E-state index in [4.69, 9.17) is 9.15 Å². The number of rotatable bonds is 1. The third-order valence-corrected chi connectivity index (χ3v) is 3.37. The molecule has 2 heterocycles. The molecule has 0 bridgehead atoms. The minimum atomic E-state index is -0.261. The molecule has 0 spiro atoms. The average molecular weight is 273 g/mol. The molecular formula is C15H15NO4. The Labute approximate surface area is 115 Å². The first-order valence-electron chi connectivity index (χ1n) is 6.59. The maximum Gasteiger partial charge on any atom is 0.289 e. The first kappa shape index (κ1) is 12.9. The van der Waals surface area contributed by atoms with Gasteiger partial charge in [-0.25, -0.2) is 0 Å². The Balaban J connectivity index is 1.97. The van der Waals surface area contributed by atoms with Gasteiger partial charge in [-0.2, -0.15) is 0 Å². The van der Waals surface area contributed by atoms with Crippen LogP contribution in [-0.4, -0.2) is 36.6 Å². The van der Waals surface area contributed by atoms with Crippen LogP contribution in [0.3, 0.4) is 0 Å². The van der Waals surface area contributed by atoms with Gasteiger partial charge in [-0.1, -0.05) is 12.1 Å². The van der Waals surface area contributed by atoms with E-state index in [0.717, 1.165) is 0 Å². The first-order chi connectivity index (χ1) is 9.65. The highest BCUT2D eigenvalue weighted by molar-refractivity contribution is 5.93. The predicted octanol–water partition coefficient (Wildman–Crippen LogP) is 1.65. The molecule has 0 aliphatic carbocycles. The molecule has 1 atom stereocenters. The van der Waals surface area contributed by atoms with Crippen molar-refractivity contribution in [1.29, 1.82) is 0 Å². The fourth-order valence-corrected chi connectivity index (χ4v) is 2.37. The molecule has 1 aliphatic rings. The molecule has 1 aliphatic heterocycles. The molecule has 104 valence electrons. The Bertz CT molecular complexity index is 706. The van der Waals surface area contributed by atoms with Crippen LogP contribution in [0.25, 0.3) is 11.0 Å². The fraction of sp³-hybridized carbons (Fsp3) is 0.333. The SMILES string of the molecule is CC1CN(C(=O)c2cc(=O)c3ccccc3o2)CCO1. The minimum absolute atomic E-state index is 0.000113. The Kier molecular flexibility index (Phi) is 3.28. The normalized spacial score (nSPS) is 19.2. The van der Waals surface area contributed by atoms with Crippen molar-refractivity contribution in [3.05, 3.63) is 46.3 Å². The zero-order valence-electron chi connectivity index (χ0n) is 11.2. The van der Waals surface area contributed by atoms with Gasteiger partial charge in [-0.15, -0.1) is 0 Å². The molecule has 2 aromatic rings. The summed E-state index contributed by atoms with van der Waals surface area (Å²) in [6, 6.07) is 8.19. The van der Waals surface area contributed by atoms with Gasteiger partial charge in [0.25, 0.3) is 5.91 Å². The van der Waals surface area contributed by atoms with Crippen LogP contribution in [0.5, 0.6) is 0 Å². The van der Waals surface area contributed by atoms with Gasteiger partial charge in [0.15, 0.2) is 11.2 Å². The highest BCUT2D eigenvalue weighted by Gasteiger charge is 2.24. The minimum Gasteiger partial charge on any atom is -0.451 e. The van der Waals surface area contributed by atoms with Gasteiger partial charge in [0, 0.05) is 19.2 Å². The summed E-state index contributed by atoms with van der Waals surface area (Å²) < 4.78 is 11.0. The smallest absolute Gasteiger partial charge is 0.289 e. The molecule has 0 saturated carbocycles. The van der Waals surface area contributed by atoms with E-state index in [0.29, 0.717) is 30.7 Å². The zero-order valence-corrected chi connectivity index (χ0v) is 11.2. The maximum absolute atomic E-state index is 12.4. The summed E-state index contributed by atoms with van der Waals surface area (Å²) in [5.41, 5.74) is 0.237. The molecule has 1 fully saturated rings. The van der Waals surface area contributed by atoms with E-state index in [2.05, 4.69) is 0 Å². The van der Waals surface area contributed by atoms with Gasteiger partial charge in [-0.3, -0.25) is 9.59 Å². The molecule has 0 N–H and O–H groups in total. The van der Waals surface area contributed by atoms with Crippen molar-refractivity contribution in [2.45, 2.75) is 13.0 Å². The number of nitrogens with zero attached hydrogens (tertiary/aromatic N) is 1. The van der Waals surface area contributed by atoms with Gasteiger partial charge >= 0.3 is 0 Å². The summed E-state index contributed by atoms with van der Waals surface area (Å²) in [6.45, 7) is 3.44. The number of ether oxygens (including phenoxy) is 1. The summed E-state index contributed by atoms with van der Waals surface area (Å²) in [5.74, 6) is -0.175. The molecule has 3 rings (SSSR count). The highest BCUT2D eigenvalue weighted by Crippen LogP contribution is 2.15. The molecule has 0 radical (unpaired) electrons. The van der Waals surface area contributed by atoms with Crippen molar-refractivity contribution in [3.8, 4) is 0 Å². The number of benzene rings is 1. The second kappa shape index (κ2) is 5.09. The van der Waals surface area contributed by atoms with Crippen molar-refractivity contribution in [2.75, 3.05) is 19.7 Å². The van der Waals surface area contributed by atoms with Crippen molar-refractivity contribution in [1.82, 2.24) is 4.90 Å². The first-order valence-corrected chi connectivity index (χ1v) is 6.59. The van der Waals surface area contributed by atoms with E-state index in [-0.39, 0.29) is 23.2 Å². The van der Waals surface area contributed by atoms with Crippen LogP contribution in [0.15, 0.2) is 39.5 Å². The van der Waals surface area contributed by atoms with Crippen LogP contribution in [-0.2, 0) is 4.74 Å².